The Labute approximate surface area is 124 Å². The van der Waals surface area contributed by atoms with E-state index < -0.39 is 0 Å². The van der Waals surface area contributed by atoms with Gasteiger partial charge in [-0.25, -0.2) is 4.58 Å². The molecule has 1 saturated heterocycles. The first-order chi connectivity index (χ1) is 9.72. The fraction of sp³-hybridized carbons (Fsp3) is 0.500. The molecule has 0 aromatic heterocycles. The molecule has 1 aromatic rings. The number of nitrogens with zero attached hydrogens (tertiary/aromatic N) is 1. The SMILES string of the molecule is CC1CC(SC2=[N+](Cc3ccccc3)CCC2)C(=O)O1. The van der Waals surface area contributed by atoms with E-state index >= 15 is 0 Å². The first-order valence-electron chi connectivity index (χ1n) is 7.24. The second-order valence-corrected chi connectivity index (χ2v) is 6.77. The number of benzene rings is 1. The van der Waals surface area contributed by atoms with E-state index in [0.29, 0.717) is 0 Å². The lowest BCUT2D eigenvalue weighted by Gasteiger charge is -2.05. The van der Waals surface area contributed by atoms with E-state index in [1.807, 2.05) is 13.0 Å². The van der Waals surface area contributed by atoms with Gasteiger partial charge in [0.2, 0.25) is 5.04 Å². The zero-order valence-corrected chi connectivity index (χ0v) is 12.6. The molecule has 0 saturated carbocycles. The number of rotatable bonds is 3. The molecule has 0 spiro atoms. The third-order valence-corrected chi connectivity index (χ3v) is 5.20. The molecule has 2 aliphatic rings. The molecule has 1 fully saturated rings. The van der Waals surface area contributed by atoms with E-state index in [-0.39, 0.29) is 17.3 Å². The molecule has 106 valence electrons. The van der Waals surface area contributed by atoms with Crippen molar-refractivity contribution in [2.75, 3.05) is 6.54 Å². The number of carbonyl (C=O) groups is 1. The fourth-order valence-corrected chi connectivity index (χ4v) is 4.20. The average molecular weight is 290 g/mol. The topological polar surface area (TPSA) is 29.3 Å². The van der Waals surface area contributed by atoms with Gasteiger partial charge >= 0.3 is 5.97 Å². The van der Waals surface area contributed by atoms with Crippen molar-refractivity contribution in [3.8, 4) is 0 Å². The van der Waals surface area contributed by atoms with Gasteiger partial charge in [-0.2, -0.15) is 0 Å². The Morgan fingerprint density at radius 1 is 1.35 bits per heavy atom. The Kier molecular flexibility index (Phi) is 4.10. The van der Waals surface area contributed by atoms with Gasteiger partial charge in [-0.05, 0) is 18.7 Å². The van der Waals surface area contributed by atoms with Gasteiger partial charge < -0.3 is 4.74 Å². The van der Waals surface area contributed by atoms with E-state index in [2.05, 4.69) is 28.8 Å². The number of hydrogen-bond donors (Lipinski definition) is 0. The molecule has 0 N–H and O–H groups in total. The molecule has 0 amide bonds. The Morgan fingerprint density at radius 2 is 2.15 bits per heavy atom. The van der Waals surface area contributed by atoms with Gasteiger partial charge in [-0.1, -0.05) is 30.3 Å². The molecule has 3 nitrogen and oxygen atoms in total. The van der Waals surface area contributed by atoms with Gasteiger partial charge in [0.25, 0.3) is 0 Å². The van der Waals surface area contributed by atoms with Gasteiger partial charge in [0, 0.05) is 24.8 Å². The quantitative estimate of drug-likeness (QED) is 0.633. The standard InChI is InChI=1S/C16H20NO2S/c1-12-10-14(16(18)19-12)20-15-8-5-9-17(15)11-13-6-3-2-4-7-13/h2-4,6-7,12,14H,5,8-11H2,1H3/q+1. The summed E-state index contributed by atoms with van der Waals surface area (Å²) in [5.74, 6) is -0.0402. The summed E-state index contributed by atoms with van der Waals surface area (Å²) in [7, 11) is 0. The number of cyclic esters (lactones) is 1. The lowest BCUT2D eigenvalue weighted by Crippen LogP contribution is -2.18. The lowest BCUT2D eigenvalue weighted by molar-refractivity contribution is -0.533. The number of esters is 1. The normalized spacial score (nSPS) is 26.1. The molecule has 2 unspecified atom stereocenters. The Morgan fingerprint density at radius 3 is 2.85 bits per heavy atom. The third-order valence-electron chi connectivity index (χ3n) is 3.79. The molecule has 1 aromatic carbocycles. The van der Waals surface area contributed by atoms with Crippen LogP contribution in [0, 0.1) is 0 Å². The zero-order chi connectivity index (χ0) is 13.9. The van der Waals surface area contributed by atoms with Gasteiger partial charge in [0.05, 0.1) is 0 Å². The second kappa shape index (κ2) is 6.00. The van der Waals surface area contributed by atoms with Crippen LogP contribution < -0.4 is 0 Å². The van der Waals surface area contributed by atoms with Crippen LogP contribution in [0.5, 0.6) is 0 Å². The molecule has 2 atom stereocenters. The first kappa shape index (κ1) is 13.7. The van der Waals surface area contributed by atoms with E-state index in [4.69, 9.17) is 4.74 Å². The van der Waals surface area contributed by atoms with Crippen LogP contribution in [-0.4, -0.2) is 33.5 Å². The summed E-state index contributed by atoms with van der Waals surface area (Å²) in [6.07, 6.45) is 3.19. The highest BCUT2D eigenvalue weighted by Gasteiger charge is 2.36. The zero-order valence-electron chi connectivity index (χ0n) is 11.7. The van der Waals surface area contributed by atoms with Crippen molar-refractivity contribution in [2.24, 2.45) is 0 Å². The van der Waals surface area contributed by atoms with E-state index in [1.165, 1.54) is 17.0 Å². The Hall–Kier alpha value is -1.29. The Balaban J connectivity index is 1.70. The summed E-state index contributed by atoms with van der Waals surface area (Å²) in [4.78, 5) is 11.8. The highest BCUT2D eigenvalue weighted by molar-refractivity contribution is 8.14. The maximum absolute atomic E-state index is 11.8. The summed E-state index contributed by atoms with van der Waals surface area (Å²) in [6.45, 7) is 4.01. The van der Waals surface area contributed by atoms with Crippen molar-refractivity contribution in [3.05, 3.63) is 35.9 Å². The van der Waals surface area contributed by atoms with E-state index in [1.54, 1.807) is 11.8 Å². The molecule has 0 bridgehead atoms. The van der Waals surface area contributed by atoms with Crippen LogP contribution in [0.3, 0.4) is 0 Å². The van der Waals surface area contributed by atoms with Crippen LogP contribution in [0.25, 0.3) is 0 Å². The van der Waals surface area contributed by atoms with Crippen molar-refractivity contribution in [1.82, 2.24) is 0 Å². The molecular formula is C16H20NO2S+. The van der Waals surface area contributed by atoms with Crippen LogP contribution in [0.1, 0.15) is 31.7 Å². The largest absolute Gasteiger partial charge is 0.462 e. The first-order valence-corrected chi connectivity index (χ1v) is 8.12. The number of ether oxygens (including phenoxy) is 1. The molecule has 0 radical (unpaired) electrons. The van der Waals surface area contributed by atoms with Crippen LogP contribution in [0.2, 0.25) is 0 Å². The van der Waals surface area contributed by atoms with Crippen LogP contribution in [-0.2, 0) is 16.1 Å². The minimum atomic E-state index is -0.0402. The summed E-state index contributed by atoms with van der Waals surface area (Å²) < 4.78 is 7.66. The van der Waals surface area contributed by atoms with Crippen molar-refractivity contribution in [2.45, 2.75) is 44.1 Å². The maximum Gasteiger partial charge on any atom is 0.320 e. The third kappa shape index (κ3) is 3.06. The van der Waals surface area contributed by atoms with Crippen molar-refractivity contribution < 1.29 is 14.1 Å². The fourth-order valence-electron chi connectivity index (χ4n) is 2.79. The van der Waals surface area contributed by atoms with Crippen LogP contribution >= 0.6 is 11.8 Å². The monoisotopic (exact) mass is 290 g/mol. The minimum Gasteiger partial charge on any atom is -0.462 e. The van der Waals surface area contributed by atoms with Gasteiger partial charge in [0.15, 0.2) is 6.54 Å². The van der Waals surface area contributed by atoms with Crippen molar-refractivity contribution in [1.29, 1.82) is 0 Å². The summed E-state index contributed by atoms with van der Waals surface area (Å²) in [6, 6.07) is 10.5. The van der Waals surface area contributed by atoms with Crippen LogP contribution in [0.4, 0.5) is 0 Å². The summed E-state index contributed by atoms with van der Waals surface area (Å²) in [5, 5.41) is 1.35. The summed E-state index contributed by atoms with van der Waals surface area (Å²) >= 11 is 1.72. The molecule has 2 aliphatic heterocycles. The molecule has 2 heterocycles. The Bertz CT molecular complexity index is 527. The smallest absolute Gasteiger partial charge is 0.320 e. The van der Waals surface area contributed by atoms with Gasteiger partial charge in [-0.15, -0.1) is 0 Å². The lowest BCUT2D eigenvalue weighted by atomic mass is 10.2. The molecule has 4 heteroatoms. The number of hydrogen-bond acceptors (Lipinski definition) is 3. The minimum absolute atomic E-state index is 0.00336. The van der Waals surface area contributed by atoms with Crippen LogP contribution in [0.15, 0.2) is 30.3 Å². The van der Waals surface area contributed by atoms with E-state index in [0.717, 1.165) is 25.9 Å². The second-order valence-electron chi connectivity index (χ2n) is 5.49. The van der Waals surface area contributed by atoms with Crippen molar-refractivity contribution >= 4 is 22.8 Å². The number of thioether (sulfide) groups is 1. The molecule has 0 aliphatic carbocycles. The predicted octanol–water partition coefficient (Wildman–Crippen LogP) is 2.83. The predicted molar refractivity (Wildman–Crippen MR) is 81.1 cm³/mol. The highest BCUT2D eigenvalue weighted by atomic mass is 32.2. The number of carbonyl (C=O) groups excluding carboxylic acids is 1. The molecule has 20 heavy (non-hydrogen) atoms. The van der Waals surface area contributed by atoms with E-state index in [9.17, 15) is 4.79 Å². The van der Waals surface area contributed by atoms with Gasteiger partial charge in [-0.3, -0.25) is 4.79 Å². The summed E-state index contributed by atoms with van der Waals surface area (Å²) in [5.41, 5.74) is 1.33. The average Bonchev–Trinajstić information content (AvgIpc) is 2.99. The molecule has 3 rings (SSSR count). The molecular weight excluding hydrogens is 270 g/mol. The highest BCUT2D eigenvalue weighted by Crippen LogP contribution is 2.30. The maximum atomic E-state index is 11.8. The van der Waals surface area contributed by atoms with Gasteiger partial charge in [0.1, 0.15) is 17.9 Å². The van der Waals surface area contributed by atoms with Crippen molar-refractivity contribution in [3.63, 3.8) is 0 Å².